The number of nitrogens with zero attached hydrogens (tertiary/aromatic N) is 2. The summed E-state index contributed by atoms with van der Waals surface area (Å²) in [4.78, 5) is 4.72. The lowest BCUT2D eigenvalue weighted by Crippen LogP contribution is -2.26. The number of benzene rings is 13. The number of anilines is 4. The van der Waals surface area contributed by atoms with Crippen LogP contribution in [0.4, 0.5) is 22.7 Å². The minimum absolute atomic E-state index is 0.0134. The largest absolute Gasteiger partial charge is 0.345 e. The Kier molecular flexibility index (Phi) is 23.3. The van der Waals surface area contributed by atoms with Crippen LogP contribution in [0.15, 0.2) is 279 Å². The number of fused-ring (bicyclic) bond motifs is 8. The lowest BCUT2D eigenvalue weighted by molar-refractivity contribution is 0.401. The molecule has 2 heteroatoms. The monoisotopic (exact) mass is 1480 g/mol. The Morgan fingerprint density at radius 3 is 1.01 bits per heavy atom. The summed E-state index contributed by atoms with van der Waals surface area (Å²) in [5.41, 5.74) is 43.6. The lowest BCUT2D eigenvalue weighted by Gasteiger charge is -2.34. The molecule has 13 aromatic carbocycles. The van der Waals surface area contributed by atoms with E-state index in [1.807, 2.05) is 0 Å². The second kappa shape index (κ2) is 34.4. The van der Waals surface area contributed by atoms with Gasteiger partial charge in [0.25, 0.3) is 0 Å². The zero-order valence-electron chi connectivity index (χ0n) is 68.7. The van der Waals surface area contributed by atoms with Crippen LogP contribution in [0.1, 0.15) is 205 Å². The number of aryl methyl sites for hydroxylation is 6. The fourth-order valence-corrected chi connectivity index (χ4v) is 19.3. The second-order valence-electron chi connectivity index (χ2n) is 33.7. The number of hydrogen-bond donors (Lipinski definition) is 0. The molecule has 1 atom stereocenters. The molecule has 0 aliphatic heterocycles. The molecule has 570 valence electrons. The minimum atomic E-state index is -0.0134. The number of unbranched alkanes of at least 4 members (excludes halogenated alkanes) is 11. The van der Waals surface area contributed by atoms with E-state index in [2.05, 4.69) is 344 Å². The van der Waals surface area contributed by atoms with Crippen molar-refractivity contribution in [2.75, 3.05) is 23.9 Å². The van der Waals surface area contributed by atoms with Crippen LogP contribution in [-0.2, 0) is 36.5 Å². The van der Waals surface area contributed by atoms with Gasteiger partial charge in [-0.25, -0.2) is 0 Å². The van der Waals surface area contributed by atoms with E-state index >= 15 is 0 Å². The van der Waals surface area contributed by atoms with E-state index in [-0.39, 0.29) is 10.8 Å². The summed E-state index contributed by atoms with van der Waals surface area (Å²) in [6.07, 6.45) is 29.1. The summed E-state index contributed by atoms with van der Waals surface area (Å²) in [5, 5.41) is 0. The Labute approximate surface area is 677 Å². The standard InChI is InChI=1S/C65H79N.C46H37N/c1-7-11-15-19-38-64(37-18-14-10-4)60-41-47(5)25-33-56(60)57-34-30-52(44-61(57)64)53-31-35-58-59-36-32-55(66(6)54-24-22-23-49(43-54)51-29-27-48-26-28-50(48)42-51)46-63(59)65(62(58)45-53,39-20-16-12-8-2)40-21-17-13-9-3;1-32-14-16-35(17-15-32)42-28-43(30-44(29-42)38-11-6-10-37(26-38)33-8-4-3-5-9-33)36-22-24-45(25-23-36)47(2)46-13-7-12-39(31-46)41-21-19-34-18-20-40(34)27-41/h22-25,27,29-36,41-46H,7-21,26,28,37-40H2,1-6H3;3-17,19,21-31H,18,20H2,1-2H3. The van der Waals surface area contributed by atoms with Crippen molar-refractivity contribution in [2.24, 2.45) is 0 Å². The van der Waals surface area contributed by atoms with Crippen LogP contribution in [0, 0.1) is 13.8 Å². The van der Waals surface area contributed by atoms with Crippen molar-refractivity contribution >= 4 is 22.7 Å². The van der Waals surface area contributed by atoms with Gasteiger partial charge in [0, 0.05) is 47.7 Å². The highest BCUT2D eigenvalue weighted by molar-refractivity contribution is 5.90. The van der Waals surface area contributed by atoms with Gasteiger partial charge in [-0.1, -0.05) is 329 Å². The normalized spacial score (nSPS) is 14.3. The van der Waals surface area contributed by atoms with Gasteiger partial charge in [-0.15, -0.1) is 0 Å². The van der Waals surface area contributed by atoms with Gasteiger partial charge >= 0.3 is 0 Å². The molecule has 0 saturated heterocycles. The molecule has 0 saturated carbocycles. The fraction of sp³-hybridized carbons (Fsp3) is 0.297. The van der Waals surface area contributed by atoms with E-state index in [1.165, 1.54) is 298 Å². The first-order chi connectivity index (χ1) is 55.4. The van der Waals surface area contributed by atoms with Gasteiger partial charge < -0.3 is 9.80 Å². The average Bonchev–Trinajstić information content (AvgIpc) is 1.56. The molecule has 2 nitrogen and oxygen atoms in total. The van der Waals surface area contributed by atoms with Crippen LogP contribution < -0.4 is 9.80 Å². The van der Waals surface area contributed by atoms with Gasteiger partial charge in [0.1, 0.15) is 0 Å². The minimum Gasteiger partial charge on any atom is -0.345 e. The highest BCUT2D eigenvalue weighted by Crippen LogP contribution is 2.59. The molecular formula is C111H116N2. The number of hydrogen-bond acceptors (Lipinski definition) is 2. The topological polar surface area (TPSA) is 6.48 Å². The summed E-state index contributed by atoms with van der Waals surface area (Å²) in [6.45, 7) is 13.9. The molecule has 0 fully saturated rings. The Balaban J connectivity index is 0.000000180. The Morgan fingerprint density at radius 1 is 0.221 bits per heavy atom. The molecule has 4 aliphatic carbocycles. The number of rotatable bonds is 30. The van der Waals surface area contributed by atoms with Crippen molar-refractivity contribution in [3.8, 4) is 100 Å². The molecule has 0 aromatic heterocycles. The quantitative estimate of drug-likeness (QED) is 0.0414. The van der Waals surface area contributed by atoms with Crippen LogP contribution in [0.5, 0.6) is 0 Å². The Bertz CT molecular complexity index is 5480. The highest BCUT2D eigenvalue weighted by atomic mass is 15.1. The molecule has 0 amide bonds. The third kappa shape index (κ3) is 16.0. The molecule has 13 aromatic rings. The smallest absolute Gasteiger partial charge is 0.0414 e. The van der Waals surface area contributed by atoms with Crippen LogP contribution >= 0.6 is 0 Å². The maximum Gasteiger partial charge on any atom is 0.0414 e. The maximum atomic E-state index is 2.68. The van der Waals surface area contributed by atoms with Crippen molar-refractivity contribution < 1.29 is 0 Å². The van der Waals surface area contributed by atoms with Gasteiger partial charge in [-0.3, -0.25) is 0 Å². The van der Waals surface area contributed by atoms with Crippen LogP contribution in [0.25, 0.3) is 100 Å². The zero-order chi connectivity index (χ0) is 77.4. The summed E-state index contributed by atoms with van der Waals surface area (Å²) >= 11 is 0. The highest BCUT2D eigenvalue weighted by Gasteiger charge is 2.45. The zero-order valence-corrected chi connectivity index (χ0v) is 68.7. The van der Waals surface area contributed by atoms with Crippen molar-refractivity contribution in [3.63, 3.8) is 0 Å². The van der Waals surface area contributed by atoms with Gasteiger partial charge in [-0.2, -0.15) is 0 Å². The SMILES string of the molecule is CCCCCCC1(CCCCC)c2cc(C)ccc2-c2ccc(-c3ccc4c(c3)C(CCCCCC)(CCCCCC)c3cc(N(C)c5cccc(-c6ccc7c(c6)CC7)c5)ccc3-4)cc21.Cc1ccc(-c2cc(-c3ccc(N(C)c4cccc(-c5ccc6c(c5)CC6)c4)cc3)cc(-c3cccc(-c4ccccc4)c3)c2)cc1. The third-order valence-corrected chi connectivity index (χ3v) is 26.2. The summed E-state index contributed by atoms with van der Waals surface area (Å²) in [5.74, 6) is 0. The molecule has 0 bridgehead atoms. The van der Waals surface area contributed by atoms with E-state index in [4.69, 9.17) is 0 Å². The summed E-state index contributed by atoms with van der Waals surface area (Å²) in [7, 11) is 4.43. The summed E-state index contributed by atoms with van der Waals surface area (Å²) in [6, 6.07) is 107. The van der Waals surface area contributed by atoms with Crippen molar-refractivity contribution in [1.82, 2.24) is 0 Å². The molecule has 17 rings (SSSR count). The molecule has 1 unspecified atom stereocenters. The van der Waals surface area contributed by atoms with Crippen LogP contribution in [-0.4, -0.2) is 14.1 Å². The van der Waals surface area contributed by atoms with Crippen molar-refractivity contribution in [1.29, 1.82) is 0 Å². The van der Waals surface area contributed by atoms with Gasteiger partial charge in [0.15, 0.2) is 0 Å². The van der Waals surface area contributed by atoms with Crippen LogP contribution in [0.2, 0.25) is 0 Å². The first kappa shape index (κ1) is 76.4. The molecule has 0 spiro atoms. The first-order valence-corrected chi connectivity index (χ1v) is 43.4. The molecule has 0 radical (unpaired) electrons. The van der Waals surface area contributed by atoms with Gasteiger partial charge in [-0.05, 0) is 295 Å². The molecule has 113 heavy (non-hydrogen) atoms. The Hall–Kier alpha value is -10.5. The maximum absolute atomic E-state index is 2.68. The van der Waals surface area contributed by atoms with E-state index in [0.29, 0.717) is 0 Å². The third-order valence-electron chi connectivity index (χ3n) is 26.2. The van der Waals surface area contributed by atoms with Gasteiger partial charge in [0.2, 0.25) is 0 Å². The van der Waals surface area contributed by atoms with Crippen molar-refractivity contribution in [2.45, 2.75) is 200 Å². The van der Waals surface area contributed by atoms with Gasteiger partial charge in [0.05, 0.1) is 0 Å². The molecule has 0 N–H and O–H groups in total. The van der Waals surface area contributed by atoms with E-state index < -0.39 is 0 Å². The predicted octanol–water partition coefficient (Wildman–Crippen LogP) is 31.4. The first-order valence-electron chi connectivity index (χ1n) is 43.4. The Morgan fingerprint density at radius 2 is 0.531 bits per heavy atom. The van der Waals surface area contributed by atoms with E-state index in [9.17, 15) is 0 Å². The molecule has 4 aliphatic rings. The molecule has 0 heterocycles. The average molecular weight is 1480 g/mol. The summed E-state index contributed by atoms with van der Waals surface area (Å²) < 4.78 is 0. The van der Waals surface area contributed by atoms with Crippen LogP contribution in [0.3, 0.4) is 0 Å². The van der Waals surface area contributed by atoms with E-state index in [0.717, 1.165) is 5.69 Å². The lowest BCUT2D eigenvalue weighted by atomic mass is 9.69. The van der Waals surface area contributed by atoms with E-state index in [1.54, 1.807) is 22.3 Å². The van der Waals surface area contributed by atoms with Crippen molar-refractivity contribution in [3.05, 3.63) is 335 Å². The molecular weight excluding hydrogens is 1360 g/mol. The predicted molar refractivity (Wildman–Crippen MR) is 487 cm³/mol. The second-order valence-corrected chi connectivity index (χ2v) is 33.7. The fourth-order valence-electron chi connectivity index (χ4n) is 19.3.